The molecule has 3 fully saturated rings. The molecule has 0 aromatic rings. The lowest BCUT2D eigenvalue weighted by molar-refractivity contribution is -0.133. The molecule has 124 valence electrons. The van der Waals surface area contributed by atoms with Crippen LogP contribution in [0.2, 0.25) is 0 Å². The maximum Gasteiger partial charge on any atom is 0.325 e. The largest absolute Gasteiger partial charge is 0.377 e. The van der Waals surface area contributed by atoms with E-state index in [4.69, 9.17) is 4.74 Å². The Bertz CT molecular complexity index is 450. The summed E-state index contributed by atoms with van der Waals surface area (Å²) in [5, 5.41) is 2.94. The van der Waals surface area contributed by atoms with Gasteiger partial charge in [-0.25, -0.2) is 4.79 Å². The third-order valence-corrected chi connectivity index (χ3v) is 5.43. The molecule has 6 heteroatoms. The molecular weight excluding hydrogens is 282 g/mol. The summed E-state index contributed by atoms with van der Waals surface area (Å²) in [7, 11) is 0. The van der Waals surface area contributed by atoms with Gasteiger partial charge in [0.25, 0.3) is 5.91 Å². The van der Waals surface area contributed by atoms with Gasteiger partial charge in [-0.3, -0.25) is 9.69 Å². The fourth-order valence-electron chi connectivity index (χ4n) is 4.05. The third-order valence-electron chi connectivity index (χ3n) is 5.43. The van der Waals surface area contributed by atoms with Crippen molar-refractivity contribution < 1.29 is 14.3 Å². The summed E-state index contributed by atoms with van der Waals surface area (Å²) in [5.41, 5.74) is -0.748. The minimum absolute atomic E-state index is 0.0658. The van der Waals surface area contributed by atoms with Gasteiger partial charge in [-0.2, -0.15) is 0 Å². The summed E-state index contributed by atoms with van der Waals surface area (Å²) in [6, 6.07) is -0.244. The van der Waals surface area contributed by atoms with Gasteiger partial charge in [-0.1, -0.05) is 0 Å². The zero-order valence-electron chi connectivity index (χ0n) is 13.6. The SMILES string of the molecule is CCN1C(=O)N[C@](C)([C@H]2CCCN(C[C@H]3CCCO3)C2)C1=O. The lowest BCUT2D eigenvalue weighted by Gasteiger charge is -2.40. The van der Waals surface area contributed by atoms with Crippen LogP contribution in [-0.4, -0.2) is 66.2 Å². The van der Waals surface area contributed by atoms with Crippen LogP contribution in [-0.2, 0) is 9.53 Å². The van der Waals surface area contributed by atoms with Crippen LogP contribution in [0.25, 0.3) is 0 Å². The summed E-state index contributed by atoms with van der Waals surface area (Å²) in [4.78, 5) is 28.4. The molecular formula is C16H27N3O3. The van der Waals surface area contributed by atoms with E-state index in [0.29, 0.717) is 12.6 Å². The summed E-state index contributed by atoms with van der Waals surface area (Å²) in [6.45, 7) is 7.92. The van der Waals surface area contributed by atoms with E-state index in [-0.39, 0.29) is 17.9 Å². The minimum Gasteiger partial charge on any atom is -0.377 e. The predicted octanol–water partition coefficient (Wildman–Crippen LogP) is 1.21. The first-order valence-electron chi connectivity index (χ1n) is 8.52. The van der Waals surface area contributed by atoms with Crippen LogP contribution in [0.5, 0.6) is 0 Å². The monoisotopic (exact) mass is 309 g/mol. The van der Waals surface area contributed by atoms with Gasteiger partial charge in [0.05, 0.1) is 6.10 Å². The number of hydrogen-bond donors (Lipinski definition) is 1. The van der Waals surface area contributed by atoms with Crippen LogP contribution in [0.3, 0.4) is 0 Å². The van der Waals surface area contributed by atoms with E-state index < -0.39 is 5.54 Å². The van der Waals surface area contributed by atoms with Crippen molar-refractivity contribution in [1.82, 2.24) is 15.1 Å². The molecule has 0 spiro atoms. The molecule has 6 nitrogen and oxygen atoms in total. The number of carbonyl (C=O) groups is 2. The topological polar surface area (TPSA) is 61.9 Å². The first kappa shape index (κ1) is 15.7. The minimum atomic E-state index is -0.748. The fourth-order valence-corrected chi connectivity index (χ4v) is 4.05. The lowest BCUT2D eigenvalue weighted by atomic mass is 9.80. The molecule has 0 bridgehead atoms. The van der Waals surface area contributed by atoms with Crippen molar-refractivity contribution >= 4 is 11.9 Å². The third kappa shape index (κ3) is 2.74. The maximum atomic E-state index is 12.6. The van der Waals surface area contributed by atoms with E-state index in [1.165, 1.54) is 4.90 Å². The lowest BCUT2D eigenvalue weighted by Crippen LogP contribution is -2.56. The van der Waals surface area contributed by atoms with Gasteiger partial charge < -0.3 is 15.0 Å². The van der Waals surface area contributed by atoms with Crippen molar-refractivity contribution in [2.45, 2.75) is 51.2 Å². The quantitative estimate of drug-likeness (QED) is 0.793. The average molecular weight is 309 g/mol. The molecule has 0 aromatic heterocycles. The number of urea groups is 1. The summed E-state index contributed by atoms with van der Waals surface area (Å²) in [5.74, 6) is 0.111. The van der Waals surface area contributed by atoms with Gasteiger partial charge in [0.1, 0.15) is 5.54 Å². The first-order chi connectivity index (χ1) is 10.5. The molecule has 3 atom stereocenters. The van der Waals surface area contributed by atoms with Crippen molar-refractivity contribution in [3.63, 3.8) is 0 Å². The van der Waals surface area contributed by atoms with Gasteiger partial charge in [0.15, 0.2) is 0 Å². The van der Waals surface area contributed by atoms with Crippen LogP contribution in [0.15, 0.2) is 0 Å². The number of rotatable bonds is 4. The highest BCUT2D eigenvalue weighted by Gasteiger charge is 2.52. The zero-order valence-corrected chi connectivity index (χ0v) is 13.6. The van der Waals surface area contributed by atoms with Crippen LogP contribution in [0.4, 0.5) is 4.79 Å². The highest BCUT2D eigenvalue weighted by molar-refractivity contribution is 6.07. The molecule has 1 N–H and O–H groups in total. The molecule has 0 aromatic carbocycles. The van der Waals surface area contributed by atoms with Gasteiger partial charge in [-0.05, 0) is 46.1 Å². The normalized spacial score (nSPS) is 36.9. The first-order valence-corrected chi connectivity index (χ1v) is 8.52. The zero-order chi connectivity index (χ0) is 15.7. The number of carbonyl (C=O) groups excluding carboxylic acids is 2. The van der Waals surface area contributed by atoms with Gasteiger partial charge in [-0.15, -0.1) is 0 Å². The molecule has 3 amide bonds. The second-order valence-electron chi connectivity index (χ2n) is 6.92. The van der Waals surface area contributed by atoms with E-state index in [2.05, 4.69) is 10.2 Å². The van der Waals surface area contributed by atoms with E-state index in [1.54, 1.807) is 0 Å². The smallest absolute Gasteiger partial charge is 0.325 e. The number of imide groups is 1. The summed E-state index contributed by atoms with van der Waals surface area (Å²) in [6.07, 6.45) is 4.69. The Morgan fingerprint density at radius 1 is 1.32 bits per heavy atom. The number of nitrogens with one attached hydrogen (secondary N) is 1. The van der Waals surface area contributed by atoms with Crippen LogP contribution in [0, 0.1) is 5.92 Å². The number of hydrogen-bond acceptors (Lipinski definition) is 4. The Labute approximate surface area is 132 Å². The number of piperidine rings is 1. The molecule has 3 aliphatic rings. The highest BCUT2D eigenvalue weighted by Crippen LogP contribution is 2.32. The Kier molecular flexibility index (Phi) is 4.41. The van der Waals surface area contributed by atoms with Crippen LogP contribution >= 0.6 is 0 Å². The molecule has 0 radical (unpaired) electrons. The average Bonchev–Trinajstić information content (AvgIpc) is 3.07. The van der Waals surface area contributed by atoms with E-state index >= 15 is 0 Å². The van der Waals surface area contributed by atoms with Gasteiger partial charge in [0.2, 0.25) is 0 Å². The maximum absolute atomic E-state index is 12.6. The fraction of sp³-hybridized carbons (Fsp3) is 0.875. The molecule has 3 rings (SSSR count). The van der Waals surface area contributed by atoms with Gasteiger partial charge >= 0.3 is 6.03 Å². The Morgan fingerprint density at radius 2 is 2.14 bits per heavy atom. The summed E-state index contributed by atoms with van der Waals surface area (Å²) < 4.78 is 5.73. The summed E-state index contributed by atoms with van der Waals surface area (Å²) >= 11 is 0. The number of amides is 3. The number of ether oxygens (including phenoxy) is 1. The molecule has 3 saturated heterocycles. The van der Waals surface area contributed by atoms with E-state index in [0.717, 1.165) is 51.9 Å². The molecule has 0 saturated carbocycles. The Hall–Kier alpha value is -1.14. The highest BCUT2D eigenvalue weighted by atomic mass is 16.5. The Balaban J connectivity index is 1.66. The standard InChI is InChI=1S/C16H27N3O3/c1-3-19-14(20)16(2,17-15(19)21)12-6-4-8-18(10-12)11-13-7-5-9-22-13/h12-13H,3-11H2,1-2H3,(H,17,21)/t12-,13+,16+/m0/s1. The van der Waals surface area contributed by atoms with Crippen molar-refractivity contribution in [1.29, 1.82) is 0 Å². The predicted molar refractivity (Wildman–Crippen MR) is 82.5 cm³/mol. The second-order valence-corrected chi connectivity index (χ2v) is 6.92. The van der Waals surface area contributed by atoms with E-state index in [9.17, 15) is 9.59 Å². The number of nitrogens with zero attached hydrogens (tertiary/aromatic N) is 2. The molecule has 3 aliphatic heterocycles. The number of likely N-dealkylation sites (N-methyl/N-ethyl adjacent to an activating group) is 1. The molecule has 0 unspecified atom stereocenters. The Morgan fingerprint density at radius 3 is 2.77 bits per heavy atom. The van der Waals surface area contributed by atoms with Crippen molar-refractivity contribution in [3.05, 3.63) is 0 Å². The second kappa shape index (κ2) is 6.16. The van der Waals surface area contributed by atoms with Crippen molar-refractivity contribution in [3.8, 4) is 0 Å². The van der Waals surface area contributed by atoms with E-state index in [1.807, 2.05) is 13.8 Å². The van der Waals surface area contributed by atoms with Gasteiger partial charge in [0, 0.05) is 32.2 Å². The van der Waals surface area contributed by atoms with Crippen molar-refractivity contribution in [2.24, 2.45) is 5.92 Å². The molecule has 3 heterocycles. The molecule has 0 aliphatic carbocycles. The van der Waals surface area contributed by atoms with Crippen LogP contribution in [0.1, 0.15) is 39.5 Å². The van der Waals surface area contributed by atoms with Crippen LogP contribution < -0.4 is 5.32 Å². The molecule has 22 heavy (non-hydrogen) atoms. The number of likely N-dealkylation sites (tertiary alicyclic amines) is 1. The van der Waals surface area contributed by atoms with Crippen molar-refractivity contribution in [2.75, 3.05) is 32.8 Å².